The van der Waals surface area contributed by atoms with Crippen LogP contribution in [0.25, 0.3) is 5.65 Å². The average molecular weight is 279 g/mol. The molecule has 102 valence electrons. The number of fused-ring (bicyclic) bond motifs is 1. The lowest BCUT2D eigenvalue weighted by molar-refractivity contribution is 0.272. The van der Waals surface area contributed by atoms with E-state index < -0.39 is 0 Å². The summed E-state index contributed by atoms with van der Waals surface area (Å²) in [6.07, 6.45) is 8.90. The van der Waals surface area contributed by atoms with E-state index in [0.717, 1.165) is 23.9 Å². The van der Waals surface area contributed by atoms with Crippen LogP contribution < -0.4 is 5.32 Å². The number of aromatic nitrogens is 3. The molecule has 0 saturated heterocycles. The van der Waals surface area contributed by atoms with Crippen LogP contribution in [-0.2, 0) is 0 Å². The molecule has 2 aromatic heterocycles. The maximum absolute atomic E-state index is 6.07. The van der Waals surface area contributed by atoms with Gasteiger partial charge in [0.05, 0.1) is 6.20 Å². The molecule has 0 radical (unpaired) electrons. The number of anilines is 1. The Labute approximate surface area is 118 Å². The average Bonchev–Trinajstić information content (AvgIpc) is 2.93. The number of nitrogens with zero attached hydrogens (tertiary/aromatic N) is 3. The van der Waals surface area contributed by atoms with Crippen LogP contribution in [0.15, 0.2) is 24.5 Å². The van der Waals surface area contributed by atoms with E-state index in [2.05, 4.69) is 15.4 Å². The number of hydrogen-bond donors (Lipinski definition) is 1. The molecule has 0 bridgehead atoms. The van der Waals surface area contributed by atoms with Gasteiger partial charge in [0.15, 0.2) is 5.65 Å². The molecular weight excluding hydrogens is 260 g/mol. The molecule has 5 heteroatoms. The summed E-state index contributed by atoms with van der Waals surface area (Å²) in [5.41, 5.74) is 0.877. The number of hydrogen-bond acceptors (Lipinski definition) is 3. The Kier molecular flexibility index (Phi) is 3.87. The first-order valence-corrected chi connectivity index (χ1v) is 7.50. The summed E-state index contributed by atoms with van der Waals surface area (Å²) in [6.45, 7) is 0.967. The number of halogens is 1. The monoisotopic (exact) mass is 278 g/mol. The largest absolute Gasteiger partial charge is 0.370 e. The van der Waals surface area contributed by atoms with Gasteiger partial charge in [0.2, 0.25) is 0 Å². The van der Waals surface area contributed by atoms with Crippen molar-refractivity contribution in [2.45, 2.75) is 25.7 Å². The minimum atomic E-state index is 0.654. The predicted octanol–water partition coefficient (Wildman–Crippen LogP) is 3.19. The smallest absolute Gasteiger partial charge is 0.157 e. The van der Waals surface area contributed by atoms with E-state index in [4.69, 9.17) is 11.6 Å². The highest BCUT2D eigenvalue weighted by Gasteiger charge is 2.24. The van der Waals surface area contributed by atoms with Gasteiger partial charge < -0.3 is 5.32 Å². The van der Waals surface area contributed by atoms with Crippen LogP contribution in [0.5, 0.6) is 0 Å². The van der Waals surface area contributed by atoms with Gasteiger partial charge >= 0.3 is 0 Å². The first kappa shape index (κ1) is 12.7. The predicted molar refractivity (Wildman–Crippen MR) is 77.6 cm³/mol. The zero-order valence-corrected chi connectivity index (χ0v) is 11.7. The van der Waals surface area contributed by atoms with Crippen LogP contribution >= 0.6 is 11.6 Å². The molecular formula is C14H19ClN4. The second-order valence-corrected chi connectivity index (χ2v) is 5.60. The third-order valence-corrected chi connectivity index (χ3v) is 4.46. The lowest BCUT2D eigenvalue weighted by atomic mass is 9.80. The van der Waals surface area contributed by atoms with Crippen molar-refractivity contribution in [1.29, 1.82) is 0 Å². The fourth-order valence-electron chi connectivity index (χ4n) is 2.90. The summed E-state index contributed by atoms with van der Waals surface area (Å²) in [4.78, 5) is 4.53. The molecule has 0 aromatic carbocycles. The van der Waals surface area contributed by atoms with E-state index in [1.165, 1.54) is 25.7 Å². The second-order valence-electron chi connectivity index (χ2n) is 5.29. The molecule has 0 aliphatic heterocycles. The quantitative estimate of drug-likeness (QED) is 0.874. The van der Waals surface area contributed by atoms with Crippen molar-refractivity contribution in [3.8, 4) is 0 Å². The molecule has 19 heavy (non-hydrogen) atoms. The number of nitrogens with one attached hydrogen (secondary N) is 1. The topological polar surface area (TPSA) is 42.2 Å². The second kappa shape index (κ2) is 5.78. The fraction of sp³-hybridized carbons (Fsp3) is 0.571. The van der Waals surface area contributed by atoms with E-state index in [1.54, 1.807) is 10.7 Å². The van der Waals surface area contributed by atoms with Crippen molar-refractivity contribution in [3.63, 3.8) is 0 Å². The van der Waals surface area contributed by atoms with Gasteiger partial charge in [0, 0.05) is 24.7 Å². The summed E-state index contributed by atoms with van der Waals surface area (Å²) < 4.78 is 1.77. The van der Waals surface area contributed by atoms with Gasteiger partial charge in [-0.3, -0.25) is 0 Å². The molecule has 4 nitrogen and oxygen atoms in total. The van der Waals surface area contributed by atoms with Crippen molar-refractivity contribution < 1.29 is 0 Å². The molecule has 2 aromatic rings. The van der Waals surface area contributed by atoms with Gasteiger partial charge in [0.1, 0.15) is 5.82 Å². The van der Waals surface area contributed by atoms with Crippen LogP contribution in [0.3, 0.4) is 0 Å². The van der Waals surface area contributed by atoms with E-state index in [-0.39, 0.29) is 0 Å². The van der Waals surface area contributed by atoms with E-state index in [9.17, 15) is 0 Å². The Morgan fingerprint density at radius 3 is 2.95 bits per heavy atom. The summed E-state index contributed by atoms with van der Waals surface area (Å²) in [7, 11) is 0. The summed E-state index contributed by atoms with van der Waals surface area (Å²) in [5.74, 6) is 3.03. The van der Waals surface area contributed by atoms with Crippen LogP contribution in [0.2, 0.25) is 0 Å². The molecule has 2 unspecified atom stereocenters. The van der Waals surface area contributed by atoms with Crippen molar-refractivity contribution in [1.82, 2.24) is 14.6 Å². The van der Waals surface area contributed by atoms with E-state index in [1.807, 2.05) is 18.3 Å². The molecule has 0 amide bonds. The first-order valence-electron chi connectivity index (χ1n) is 6.97. The van der Waals surface area contributed by atoms with Gasteiger partial charge in [-0.2, -0.15) is 5.10 Å². The van der Waals surface area contributed by atoms with Gasteiger partial charge in [-0.25, -0.2) is 9.50 Å². The zero-order chi connectivity index (χ0) is 13.1. The maximum atomic E-state index is 6.07. The molecule has 1 N–H and O–H groups in total. The van der Waals surface area contributed by atoms with E-state index >= 15 is 0 Å². The van der Waals surface area contributed by atoms with Crippen molar-refractivity contribution in [2.75, 3.05) is 17.7 Å². The third kappa shape index (κ3) is 2.84. The SMILES string of the molecule is ClCC1CCCCC1CNc1ccn2nccc2n1. The van der Waals surface area contributed by atoms with Crippen LogP contribution in [0.1, 0.15) is 25.7 Å². The molecule has 1 saturated carbocycles. The van der Waals surface area contributed by atoms with Gasteiger partial charge in [0.25, 0.3) is 0 Å². The Morgan fingerprint density at radius 2 is 2.11 bits per heavy atom. The fourth-order valence-corrected chi connectivity index (χ4v) is 3.31. The standard InChI is InChI=1S/C14H19ClN4/c15-9-11-3-1-2-4-12(11)10-16-13-6-8-19-14(18-13)5-7-17-19/h5-8,11-12H,1-4,9-10H2,(H,16,18). The lowest BCUT2D eigenvalue weighted by Crippen LogP contribution is -2.27. The molecule has 2 atom stereocenters. The molecule has 3 rings (SSSR count). The molecule has 2 heterocycles. The first-order chi connectivity index (χ1) is 9.36. The van der Waals surface area contributed by atoms with Crippen molar-refractivity contribution >= 4 is 23.1 Å². The van der Waals surface area contributed by atoms with E-state index in [0.29, 0.717) is 11.8 Å². The molecule has 1 aliphatic carbocycles. The minimum Gasteiger partial charge on any atom is -0.370 e. The number of alkyl halides is 1. The van der Waals surface area contributed by atoms with Gasteiger partial charge in [-0.05, 0) is 30.7 Å². The normalized spacial score (nSPS) is 23.6. The minimum absolute atomic E-state index is 0.654. The van der Waals surface area contributed by atoms with Gasteiger partial charge in [-0.15, -0.1) is 11.6 Å². The summed E-state index contributed by atoms with van der Waals surface area (Å²) >= 11 is 6.07. The zero-order valence-electron chi connectivity index (χ0n) is 10.9. The van der Waals surface area contributed by atoms with Crippen LogP contribution in [-0.4, -0.2) is 27.0 Å². The Balaban J connectivity index is 1.64. The molecule has 1 fully saturated rings. The van der Waals surface area contributed by atoms with Crippen LogP contribution in [0, 0.1) is 11.8 Å². The highest BCUT2D eigenvalue weighted by atomic mass is 35.5. The molecule has 1 aliphatic rings. The van der Waals surface area contributed by atoms with Crippen molar-refractivity contribution in [2.24, 2.45) is 11.8 Å². The Morgan fingerprint density at radius 1 is 1.26 bits per heavy atom. The summed E-state index contributed by atoms with van der Waals surface area (Å²) in [5, 5.41) is 7.59. The van der Waals surface area contributed by atoms with Crippen LogP contribution in [0.4, 0.5) is 5.82 Å². The van der Waals surface area contributed by atoms with Gasteiger partial charge in [-0.1, -0.05) is 12.8 Å². The Bertz CT molecular complexity index is 539. The molecule has 0 spiro atoms. The third-order valence-electron chi connectivity index (χ3n) is 4.07. The Hall–Kier alpha value is -1.29. The number of rotatable bonds is 4. The maximum Gasteiger partial charge on any atom is 0.157 e. The van der Waals surface area contributed by atoms with Crippen molar-refractivity contribution in [3.05, 3.63) is 24.5 Å². The lowest BCUT2D eigenvalue weighted by Gasteiger charge is -2.30. The highest BCUT2D eigenvalue weighted by Crippen LogP contribution is 2.30. The summed E-state index contributed by atoms with van der Waals surface area (Å²) in [6, 6.07) is 3.88. The highest BCUT2D eigenvalue weighted by molar-refractivity contribution is 6.18.